The van der Waals surface area contributed by atoms with E-state index in [1.807, 2.05) is 5.43 Å². The van der Waals surface area contributed by atoms with Gasteiger partial charge in [0.25, 0.3) is 5.56 Å². The van der Waals surface area contributed by atoms with E-state index < -0.39 is 0 Å². The number of fused-ring (bicyclic) bond motifs is 1. The second-order valence-corrected chi connectivity index (χ2v) is 4.21. The summed E-state index contributed by atoms with van der Waals surface area (Å²) >= 11 is 1.12. The lowest BCUT2D eigenvalue weighted by atomic mass is 10.2. The minimum atomic E-state index is -0.328. The predicted octanol–water partition coefficient (Wildman–Crippen LogP) is 0.00510. The van der Waals surface area contributed by atoms with Crippen molar-refractivity contribution in [2.24, 2.45) is 5.84 Å². The van der Waals surface area contributed by atoms with Gasteiger partial charge in [-0.3, -0.25) is 15.0 Å². The zero-order valence-electron chi connectivity index (χ0n) is 8.77. The van der Waals surface area contributed by atoms with E-state index in [0.29, 0.717) is 16.1 Å². The van der Waals surface area contributed by atoms with E-state index >= 15 is 0 Å². The number of nitrogens with two attached hydrogens (primary N) is 1. The summed E-state index contributed by atoms with van der Waals surface area (Å²) in [5.41, 5.74) is 2.39. The number of benzene rings is 1. The Morgan fingerprint density at radius 3 is 3.00 bits per heavy atom. The van der Waals surface area contributed by atoms with Crippen LogP contribution in [0.2, 0.25) is 0 Å². The van der Waals surface area contributed by atoms with Crippen molar-refractivity contribution in [3.05, 3.63) is 34.6 Å². The smallest absolute Gasteiger partial charge is 0.259 e. The van der Waals surface area contributed by atoms with E-state index in [1.54, 1.807) is 24.3 Å². The summed E-state index contributed by atoms with van der Waals surface area (Å²) < 4.78 is 0. The summed E-state index contributed by atoms with van der Waals surface area (Å²) in [7, 11) is 0. The van der Waals surface area contributed by atoms with Gasteiger partial charge >= 0.3 is 0 Å². The molecule has 0 atom stereocenters. The highest BCUT2D eigenvalue weighted by molar-refractivity contribution is 7.99. The van der Waals surface area contributed by atoms with Crippen molar-refractivity contribution < 1.29 is 4.79 Å². The van der Waals surface area contributed by atoms with Gasteiger partial charge in [-0.1, -0.05) is 23.9 Å². The summed E-state index contributed by atoms with van der Waals surface area (Å²) in [6, 6.07) is 7.02. The van der Waals surface area contributed by atoms with Crippen LogP contribution in [0.4, 0.5) is 0 Å². The van der Waals surface area contributed by atoms with E-state index in [1.165, 1.54) is 0 Å². The lowest BCUT2D eigenvalue weighted by Gasteiger charge is -2.01. The molecule has 1 heterocycles. The number of aromatic amines is 1. The Morgan fingerprint density at radius 2 is 2.24 bits per heavy atom. The molecule has 0 unspecified atom stereocenters. The van der Waals surface area contributed by atoms with Gasteiger partial charge in [-0.15, -0.1) is 0 Å². The van der Waals surface area contributed by atoms with Gasteiger partial charge < -0.3 is 4.98 Å². The third-order valence-corrected chi connectivity index (χ3v) is 2.97. The van der Waals surface area contributed by atoms with Gasteiger partial charge in [0.15, 0.2) is 5.16 Å². The van der Waals surface area contributed by atoms with Crippen LogP contribution in [0.15, 0.2) is 34.2 Å². The highest BCUT2D eigenvalue weighted by atomic mass is 32.2. The topological polar surface area (TPSA) is 101 Å². The molecule has 1 aromatic carbocycles. The maximum atomic E-state index is 11.7. The first-order chi connectivity index (χ1) is 8.20. The molecule has 1 amide bonds. The van der Waals surface area contributed by atoms with E-state index in [4.69, 9.17) is 5.84 Å². The average molecular weight is 250 g/mol. The minimum Gasteiger partial charge on any atom is -0.301 e. The van der Waals surface area contributed by atoms with Crippen molar-refractivity contribution in [1.29, 1.82) is 0 Å². The van der Waals surface area contributed by atoms with Crippen molar-refractivity contribution in [3.63, 3.8) is 0 Å². The molecule has 0 saturated carbocycles. The summed E-state index contributed by atoms with van der Waals surface area (Å²) in [6.45, 7) is 0. The van der Waals surface area contributed by atoms with Gasteiger partial charge in [0, 0.05) is 0 Å². The van der Waals surface area contributed by atoms with Gasteiger partial charge in [0.2, 0.25) is 5.91 Å². The fourth-order valence-corrected chi connectivity index (χ4v) is 1.99. The molecule has 2 rings (SSSR count). The number of para-hydroxylation sites is 1. The van der Waals surface area contributed by atoms with Gasteiger partial charge in [-0.05, 0) is 12.1 Å². The zero-order valence-corrected chi connectivity index (χ0v) is 9.58. The number of rotatable bonds is 3. The Kier molecular flexibility index (Phi) is 3.40. The van der Waals surface area contributed by atoms with E-state index in [2.05, 4.69) is 9.97 Å². The molecule has 0 radical (unpaired) electrons. The summed E-state index contributed by atoms with van der Waals surface area (Å²) in [6.07, 6.45) is 0. The van der Waals surface area contributed by atoms with Crippen molar-refractivity contribution in [1.82, 2.24) is 15.4 Å². The number of H-pyrrole nitrogens is 1. The number of hydrogen-bond donors (Lipinski definition) is 3. The second kappa shape index (κ2) is 4.98. The largest absolute Gasteiger partial charge is 0.301 e. The standard InChI is InChI=1S/C10H10N4O2S/c11-14-8(15)5-17-10-12-7-4-2-1-3-6(7)9(16)13-10/h1-4H,5,11H2,(H,14,15)(H,12,13,16). The molecule has 0 bridgehead atoms. The molecule has 4 N–H and O–H groups in total. The molecule has 1 aromatic heterocycles. The summed E-state index contributed by atoms with van der Waals surface area (Å²) in [5.74, 6) is 4.73. The Bertz CT molecular complexity index is 611. The minimum absolute atomic E-state index is 0.109. The number of hydrazine groups is 1. The molecule has 17 heavy (non-hydrogen) atoms. The molecular weight excluding hydrogens is 240 g/mol. The number of carbonyl (C=O) groups excluding carboxylic acids is 1. The van der Waals surface area contributed by atoms with Crippen molar-refractivity contribution in [2.75, 3.05) is 5.75 Å². The van der Waals surface area contributed by atoms with E-state index in [9.17, 15) is 9.59 Å². The lowest BCUT2D eigenvalue weighted by Crippen LogP contribution is -2.31. The third-order valence-electron chi connectivity index (χ3n) is 2.09. The molecule has 0 saturated heterocycles. The van der Waals surface area contributed by atoms with Gasteiger partial charge in [0.05, 0.1) is 16.7 Å². The van der Waals surface area contributed by atoms with Crippen molar-refractivity contribution in [3.8, 4) is 0 Å². The van der Waals surface area contributed by atoms with E-state index in [0.717, 1.165) is 11.8 Å². The van der Waals surface area contributed by atoms with Crippen LogP contribution in [0.25, 0.3) is 10.9 Å². The molecule has 7 heteroatoms. The number of aromatic nitrogens is 2. The number of amides is 1. The number of carbonyl (C=O) groups is 1. The van der Waals surface area contributed by atoms with Gasteiger partial charge in [-0.2, -0.15) is 0 Å². The average Bonchev–Trinajstić information content (AvgIpc) is 2.36. The SMILES string of the molecule is NNC(=O)CSc1nc2ccccc2c(=O)[nH]1. The van der Waals surface area contributed by atoms with Crippen LogP contribution >= 0.6 is 11.8 Å². The van der Waals surface area contributed by atoms with Crippen LogP contribution in [-0.4, -0.2) is 21.6 Å². The Hall–Kier alpha value is -1.86. The normalized spacial score (nSPS) is 10.4. The first kappa shape index (κ1) is 11.6. The number of thioether (sulfide) groups is 1. The molecule has 0 aliphatic rings. The monoisotopic (exact) mass is 250 g/mol. The lowest BCUT2D eigenvalue weighted by molar-refractivity contribution is -0.118. The molecule has 88 valence electrons. The fourth-order valence-electron chi connectivity index (χ4n) is 1.31. The number of nitrogens with zero attached hydrogens (tertiary/aromatic N) is 1. The first-order valence-electron chi connectivity index (χ1n) is 4.82. The maximum absolute atomic E-state index is 11.7. The van der Waals surface area contributed by atoms with Crippen LogP contribution < -0.4 is 16.8 Å². The van der Waals surface area contributed by atoms with Crippen LogP contribution in [0, 0.1) is 0 Å². The zero-order chi connectivity index (χ0) is 12.3. The number of nitrogens with one attached hydrogen (secondary N) is 2. The van der Waals surface area contributed by atoms with E-state index in [-0.39, 0.29) is 17.2 Å². The van der Waals surface area contributed by atoms with Crippen LogP contribution in [-0.2, 0) is 4.79 Å². The Morgan fingerprint density at radius 1 is 1.47 bits per heavy atom. The first-order valence-corrected chi connectivity index (χ1v) is 5.80. The molecular formula is C10H10N4O2S. The van der Waals surface area contributed by atoms with Crippen LogP contribution in [0.3, 0.4) is 0 Å². The molecule has 0 aliphatic heterocycles. The highest BCUT2D eigenvalue weighted by Gasteiger charge is 2.05. The summed E-state index contributed by atoms with van der Waals surface area (Å²) in [5, 5.41) is 0.928. The maximum Gasteiger partial charge on any atom is 0.259 e. The van der Waals surface area contributed by atoms with Crippen molar-refractivity contribution in [2.45, 2.75) is 5.16 Å². The van der Waals surface area contributed by atoms with Crippen LogP contribution in [0.5, 0.6) is 0 Å². The Balaban J connectivity index is 2.31. The molecule has 6 nitrogen and oxygen atoms in total. The Labute approximate surface area is 101 Å². The van der Waals surface area contributed by atoms with Gasteiger partial charge in [0.1, 0.15) is 0 Å². The highest BCUT2D eigenvalue weighted by Crippen LogP contribution is 2.13. The van der Waals surface area contributed by atoms with Crippen LogP contribution in [0.1, 0.15) is 0 Å². The molecule has 0 aliphatic carbocycles. The summed E-state index contributed by atoms with van der Waals surface area (Å²) in [4.78, 5) is 29.5. The number of hydrogen-bond acceptors (Lipinski definition) is 5. The van der Waals surface area contributed by atoms with Crippen molar-refractivity contribution >= 4 is 28.6 Å². The third kappa shape index (κ3) is 2.63. The van der Waals surface area contributed by atoms with Gasteiger partial charge in [-0.25, -0.2) is 10.8 Å². The molecule has 0 fully saturated rings. The molecule has 2 aromatic rings. The second-order valence-electron chi connectivity index (χ2n) is 3.24. The quantitative estimate of drug-likeness (QED) is 0.234. The fraction of sp³-hybridized carbons (Fsp3) is 0.100. The molecule has 0 spiro atoms. The predicted molar refractivity (Wildman–Crippen MR) is 65.4 cm³/mol.